The van der Waals surface area contributed by atoms with Gasteiger partial charge in [0, 0.05) is 18.0 Å². The van der Waals surface area contributed by atoms with Gasteiger partial charge in [0.25, 0.3) is 0 Å². The van der Waals surface area contributed by atoms with Crippen LogP contribution >= 0.6 is 11.8 Å². The van der Waals surface area contributed by atoms with Crippen molar-refractivity contribution in [3.05, 3.63) is 29.8 Å². The Bertz CT molecular complexity index is 476. The van der Waals surface area contributed by atoms with Crippen LogP contribution in [0.25, 0.3) is 0 Å². The second-order valence-electron chi connectivity index (χ2n) is 5.98. The summed E-state index contributed by atoms with van der Waals surface area (Å²) in [5.41, 5.74) is 2.97. The van der Waals surface area contributed by atoms with Gasteiger partial charge in [-0.3, -0.25) is 4.99 Å². The Hall–Kier alpha value is -0.960. The number of nitrogens with zero attached hydrogens (tertiary/aromatic N) is 1. The molecule has 110 valence electrons. The third kappa shape index (κ3) is 3.38. The van der Waals surface area contributed by atoms with E-state index < -0.39 is 0 Å². The zero-order valence-corrected chi connectivity index (χ0v) is 13.9. The Kier molecular flexibility index (Phi) is 5.14. The van der Waals surface area contributed by atoms with Gasteiger partial charge in [-0.05, 0) is 35.8 Å². The van der Waals surface area contributed by atoms with Gasteiger partial charge in [0.1, 0.15) is 0 Å². The molecule has 0 saturated carbocycles. The molecule has 1 aromatic rings. The van der Waals surface area contributed by atoms with E-state index in [0.29, 0.717) is 11.3 Å². The maximum absolute atomic E-state index is 4.79. The Labute approximate surface area is 127 Å². The number of thioether (sulfide) groups is 1. The quantitative estimate of drug-likeness (QED) is 0.831. The van der Waals surface area contributed by atoms with Crippen molar-refractivity contribution in [1.29, 1.82) is 0 Å². The van der Waals surface area contributed by atoms with Crippen LogP contribution in [0.5, 0.6) is 0 Å². The topological polar surface area (TPSA) is 24.4 Å². The van der Waals surface area contributed by atoms with Gasteiger partial charge in [0.05, 0.1) is 0 Å². The normalized spacial score (nSPS) is 17.9. The fraction of sp³-hybridized carbons (Fsp3) is 0.588. The third-order valence-electron chi connectivity index (χ3n) is 4.40. The maximum Gasteiger partial charge on any atom is 0.161 e. The van der Waals surface area contributed by atoms with Gasteiger partial charge < -0.3 is 5.32 Å². The molecule has 0 unspecified atom stereocenters. The molecule has 20 heavy (non-hydrogen) atoms. The van der Waals surface area contributed by atoms with Crippen LogP contribution in [-0.4, -0.2) is 17.5 Å². The average molecular weight is 290 g/mol. The summed E-state index contributed by atoms with van der Waals surface area (Å²) in [6.45, 7) is 9.99. The van der Waals surface area contributed by atoms with E-state index in [9.17, 15) is 0 Å². The molecule has 0 spiro atoms. The number of para-hydroxylation sites is 1. The summed E-state index contributed by atoms with van der Waals surface area (Å²) < 4.78 is 0. The summed E-state index contributed by atoms with van der Waals surface area (Å²) >= 11 is 1.87. The van der Waals surface area contributed by atoms with Gasteiger partial charge in [-0.15, -0.1) is 0 Å². The molecule has 0 bridgehead atoms. The first-order valence-corrected chi connectivity index (χ1v) is 8.62. The van der Waals surface area contributed by atoms with Gasteiger partial charge >= 0.3 is 0 Å². The molecule has 0 saturated heterocycles. The molecule has 1 heterocycles. The highest BCUT2D eigenvalue weighted by Gasteiger charge is 2.30. The Morgan fingerprint density at radius 2 is 1.95 bits per heavy atom. The highest BCUT2D eigenvalue weighted by molar-refractivity contribution is 8.14. The van der Waals surface area contributed by atoms with Gasteiger partial charge in [0.2, 0.25) is 0 Å². The van der Waals surface area contributed by atoms with Crippen molar-refractivity contribution in [2.45, 2.75) is 46.5 Å². The molecule has 2 nitrogen and oxygen atoms in total. The van der Waals surface area contributed by atoms with E-state index in [2.05, 4.69) is 57.3 Å². The average Bonchev–Trinajstić information content (AvgIpc) is 2.49. The second-order valence-corrected chi connectivity index (χ2v) is 6.95. The molecular weight excluding hydrogens is 264 g/mol. The zero-order chi connectivity index (χ0) is 14.6. The van der Waals surface area contributed by atoms with Crippen molar-refractivity contribution in [2.24, 2.45) is 10.4 Å². The van der Waals surface area contributed by atoms with Crippen LogP contribution in [0.4, 0.5) is 5.69 Å². The van der Waals surface area contributed by atoms with Gasteiger partial charge in [-0.1, -0.05) is 57.7 Å². The molecule has 0 aromatic heterocycles. The molecule has 1 N–H and O–H groups in total. The van der Waals surface area contributed by atoms with E-state index in [4.69, 9.17) is 4.99 Å². The van der Waals surface area contributed by atoms with Crippen molar-refractivity contribution >= 4 is 22.6 Å². The first-order valence-electron chi connectivity index (χ1n) is 7.63. The first kappa shape index (κ1) is 15.4. The lowest BCUT2D eigenvalue weighted by Crippen LogP contribution is -2.32. The lowest BCUT2D eigenvalue weighted by molar-refractivity contribution is 0.318. The fourth-order valence-electron chi connectivity index (χ4n) is 2.54. The molecule has 0 amide bonds. The predicted octanol–water partition coefficient (Wildman–Crippen LogP) is 5.13. The molecular formula is C17H26N2S. The van der Waals surface area contributed by atoms with Crippen LogP contribution in [0.3, 0.4) is 0 Å². The first-order chi connectivity index (χ1) is 9.60. The minimum Gasteiger partial charge on any atom is -0.335 e. The van der Waals surface area contributed by atoms with E-state index >= 15 is 0 Å². The Morgan fingerprint density at radius 1 is 1.25 bits per heavy atom. The largest absolute Gasteiger partial charge is 0.335 e. The fourth-order valence-corrected chi connectivity index (χ4v) is 3.82. The molecule has 1 aliphatic rings. The number of hydrogen-bond acceptors (Lipinski definition) is 3. The van der Waals surface area contributed by atoms with E-state index in [-0.39, 0.29) is 0 Å². The molecule has 0 fully saturated rings. The summed E-state index contributed by atoms with van der Waals surface area (Å²) in [5.74, 6) is 1.70. The van der Waals surface area contributed by atoms with Crippen molar-refractivity contribution in [3.8, 4) is 0 Å². The standard InChI is InChI=1S/C17H26N2S/c1-5-17(6-2)11-18-16(20-12-17)19-15-10-8-7-9-14(15)13(3)4/h7-10,13H,5-6,11-12H2,1-4H3,(H,18,19). The van der Waals surface area contributed by atoms with Crippen LogP contribution < -0.4 is 5.32 Å². The predicted molar refractivity (Wildman–Crippen MR) is 91.9 cm³/mol. The van der Waals surface area contributed by atoms with Crippen LogP contribution in [-0.2, 0) is 0 Å². The summed E-state index contributed by atoms with van der Waals surface area (Å²) in [5, 5.41) is 4.61. The summed E-state index contributed by atoms with van der Waals surface area (Å²) in [6, 6.07) is 8.55. The summed E-state index contributed by atoms with van der Waals surface area (Å²) in [4.78, 5) is 4.79. The van der Waals surface area contributed by atoms with E-state index in [1.807, 2.05) is 11.8 Å². The van der Waals surface area contributed by atoms with Crippen LogP contribution in [0.1, 0.15) is 52.0 Å². The van der Waals surface area contributed by atoms with Crippen LogP contribution in [0.2, 0.25) is 0 Å². The number of nitrogens with one attached hydrogen (secondary N) is 1. The van der Waals surface area contributed by atoms with E-state index in [0.717, 1.165) is 11.7 Å². The Morgan fingerprint density at radius 3 is 2.50 bits per heavy atom. The molecule has 1 aliphatic heterocycles. The third-order valence-corrected chi connectivity index (χ3v) is 5.66. The lowest BCUT2D eigenvalue weighted by atomic mass is 9.84. The number of hydrogen-bond donors (Lipinski definition) is 1. The van der Waals surface area contributed by atoms with Crippen LogP contribution in [0, 0.1) is 5.41 Å². The van der Waals surface area contributed by atoms with Crippen LogP contribution in [0.15, 0.2) is 29.3 Å². The number of amidine groups is 1. The maximum atomic E-state index is 4.79. The number of anilines is 1. The van der Waals surface area contributed by atoms with E-state index in [1.54, 1.807) is 0 Å². The molecule has 2 rings (SSSR count). The molecule has 3 heteroatoms. The van der Waals surface area contributed by atoms with Crippen molar-refractivity contribution < 1.29 is 0 Å². The Balaban J connectivity index is 2.11. The van der Waals surface area contributed by atoms with Gasteiger partial charge in [-0.2, -0.15) is 0 Å². The zero-order valence-electron chi connectivity index (χ0n) is 13.1. The monoisotopic (exact) mass is 290 g/mol. The molecule has 0 radical (unpaired) electrons. The number of aliphatic imine (C=N–C) groups is 1. The highest BCUT2D eigenvalue weighted by atomic mass is 32.2. The summed E-state index contributed by atoms with van der Waals surface area (Å²) in [7, 11) is 0. The smallest absolute Gasteiger partial charge is 0.161 e. The van der Waals surface area contributed by atoms with Gasteiger partial charge in [-0.25, -0.2) is 0 Å². The molecule has 1 aromatic carbocycles. The SMILES string of the molecule is CCC1(CC)CN=C(Nc2ccccc2C(C)C)SC1. The second kappa shape index (κ2) is 6.66. The molecule has 0 aliphatic carbocycles. The van der Waals surface area contributed by atoms with Crippen molar-refractivity contribution in [2.75, 3.05) is 17.6 Å². The number of benzene rings is 1. The van der Waals surface area contributed by atoms with Crippen molar-refractivity contribution in [1.82, 2.24) is 0 Å². The number of rotatable bonds is 4. The lowest BCUT2D eigenvalue weighted by Gasteiger charge is -2.33. The minimum absolute atomic E-state index is 0.410. The van der Waals surface area contributed by atoms with Crippen molar-refractivity contribution in [3.63, 3.8) is 0 Å². The minimum atomic E-state index is 0.410. The molecule has 0 atom stereocenters. The van der Waals surface area contributed by atoms with E-state index in [1.165, 1.54) is 29.8 Å². The van der Waals surface area contributed by atoms with Gasteiger partial charge in [0.15, 0.2) is 5.17 Å². The summed E-state index contributed by atoms with van der Waals surface area (Å²) in [6.07, 6.45) is 2.44. The highest BCUT2D eigenvalue weighted by Crippen LogP contribution is 2.36.